The molecule has 1 aliphatic rings. The Kier molecular flexibility index (Phi) is 4.40. The third kappa shape index (κ3) is 2.96. The molecule has 0 fully saturated rings. The van der Waals surface area contributed by atoms with Crippen molar-refractivity contribution < 1.29 is 10.0 Å². The number of carbonyl (C=O) groups is 1. The molecular formula is C18H11Cl2N3O2S. The maximum Gasteiger partial charge on any atom is 0.281 e. The number of anilines is 1. The summed E-state index contributed by atoms with van der Waals surface area (Å²) >= 11 is 13.4. The first kappa shape index (κ1) is 17.0. The Balaban J connectivity index is 1.64. The van der Waals surface area contributed by atoms with Gasteiger partial charge in [-0.15, -0.1) is 11.3 Å². The van der Waals surface area contributed by atoms with Gasteiger partial charge >= 0.3 is 0 Å². The van der Waals surface area contributed by atoms with Crippen molar-refractivity contribution >= 4 is 51.8 Å². The molecule has 0 unspecified atom stereocenters. The Bertz CT molecular complexity index is 1030. The average molecular weight is 404 g/mol. The zero-order valence-electron chi connectivity index (χ0n) is 13.2. The average Bonchev–Trinajstić information content (AvgIpc) is 3.19. The van der Waals surface area contributed by atoms with Crippen molar-refractivity contribution in [3.05, 3.63) is 69.1 Å². The van der Waals surface area contributed by atoms with Crippen molar-refractivity contribution in [1.82, 2.24) is 4.98 Å². The Morgan fingerprint density at radius 2 is 1.85 bits per heavy atom. The van der Waals surface area contributed by atoms with E-state index in [9.17, 15) is 10.0 Å². The summed E-state index contributed by atoms with van der Waals surface area (Å²) in [5.74, 6) is -0.384. The van der Waals surface area contributed by atoms with Crippen LogP contribution in [0.1, 0.15) is 11.3 Å². The van der Waals surface area contributed by atoms with E-state index in [2.05, 4.69) is 10.1 Å². The second-order valence-corrected chi connectivity index (χ2v) is 7.38. The highest BCUT2D eigenvalue weighted by molar-refractivity contribution is 7.13. The van der Waals surface area contributed by atoms with Crippen LogP contribution in [0.2, 0.25) is 10.0 Å². The van der Waals surface area contributed by atoms with E-state index in [1.165, 1.54) is 16.2 Å². The van der Waals surface area contributed by atoms with Gasteiger partial charge in [0.1, 0.15) is 5.01 Å². The number of fused-ring (bicyclic) bond motifs is 1. The van der Waals surface area contributed by atoms with Crippen molar-refractivity contribution in [2.45, 2.75) is 6.54 Å². The lowest BCUT2D eigenvalue weighted by Gasteiger charge is -2.15. The summed E-state index contributed by atoms with van der Waals surface area (Å²) in [6.45, 7) is 0.274. The van der Waals surface area contributed by atoms with Crippen molar-refractivity contribution in [3.8, 4) is 10.6 Å². The number of oxime groups is 1. The molecule has 5 nitrogen and oxygen atoms in total. The lowest BCUT2D eigenvalue weighted by atomic mass is 10.1. The van der Waals surface area contributed by atoms with Gasteiger partial charge in [-0.25, -0.2) is 4.98 Å². The van der Waals surface area contributed by atoms with Crippen LogP contribution < -0.4 is 4.90 Å². The predicted octanol–water partition coefficient (Wildman–Crippen LogP) is 4.84. The molecule has 4 rings (SSSR count). The topological polar surface area (TPSA) is 65.8 Å². The molecule has 0 saturated carbocycles. The molecule has 2 aromatic carbocycles. The normalized spacial score (nSPS) is 14.9. The van der Waals surface area contributed by atoms with E-state index in [0.29, 0.717) is 21.3 Å². The summed E-state index contributed by atoms with van der Waals surface area (Å²) in [6.07, 6.45) is 0. The van der Waals surface area contributed by atoms with Crippen molar-refractivity contribution in [2.75, 3.05) is 4.90 Å². The second kappa shape index (κ2) is 6.72. The van der Waals surface area contributed by atoms with E-state index in [4.69, 9.17) is 23.2 Å². The SMILES string of the molecule is O=C1/C(=N\O)c2cc(Cl)ccc2N1Cc1csc(-c2ccc(Cl)cc2)n1. The minimum atomic E-state index is -0.384. The molecule has 0 aliphatic carbocycles. The minimum absolute atomic E-state index is 0.0179. The van der Waals surface area contributed by atoms with Gasteiger partial charge in [0, 0.05) is 26.6 Å². The van der Waals surface area contributed by atoms with Gasteiger partial charge in [-0.2, -0.15) is 0 Å². The van der Waals surface area contributed by atoms with Crippen LogP contribution in [0.25, 0.3) is 10.6 Å². The van der Waals surface area contributed by atoms with Gasteiger partial charge in [0.25, 0.3) is 5.91 Å². The standard InChI is InChI=1S/C18H11Cl2N3O2S/c19-11-3-1-10(2-4-11)17-21-13(9-26-17)8-23-15-6-5-12(20)7-14(15)16(22-25)18(23)24/h1-7,9,25H,8H2/b22-16-. The molecule has 3 aromatic rings. The number of carbonyl (C=O) groups excluding carboxylic acids is 1. The van der Waals surface area contributed by atoms with Crippen molar-refractivity contribution in [2.24, 2.45) is 5.16 Å². The van der Waals surface area contributed by atoms with Crippen LogP contribution in [0.15, 0.2) is 53.0 Å². The van der Waals surface area contributed by atoms with Crippen LogP contribution in [-0.2, 0) is 11.3 Å². The first-order valence-electron chi connectivity index (χ1n) is 7.61. The maximum absolute atomic E-state index is 12.6. The number of amides is 1. The number of rotatable bonds is 3. The van der Waals surface area contributed by atoms with Crippen LogP contribution in [-0.4, -0.2) is 21.8 Å². The molecule has 0 saturated heterocycles. The van der Waals surface area contributed by atoms with E-state index in [0.717, 1.165) is 16.3 Å². The predicted molar refractivity (Wildman–Crippen MR) is 104 cm³/mol. The molecule has 1 aliphatic heterocycles. The number of thiazole rings is 1. The fourth-order valence-corrected chi connectivity index (χ4v) is 3.92. The Morgan fingerprint density at radius 3 is 2.58 bits per heavy atom. The molecule has 1 aromatic heterocycles. The summed E-state index contributed by atoms with van der Waals surface area (Å²) in [5.41, 5.74) is 2.85. The fourth-order valence-electron chi connectivity index (χ4n) is 2.81. The molecule has 8 heteroatoms. The van der Waals surface area contributed by atoms with Gasteiger partial charge in [-0.1, -0.05) is 40.5 Å². The Labute approximate surface area is 163 Å². The lowest BCUT2D eigenvalue weighted by Crippen LogP contribution is -2.29. The van der Waals surface area contributed by atoms with E-state index in [1.54, 1.807) is 18.2 Å². The van der Waals surface area contributed by atoms with Crippen LogP contribution >= 0.6 is 34.5 Å². The van der Waals surface area contributed by atoms with E-state index >= 15 is 0 Å². The highest BCUT2D eigenvalue weighted by Gasteiger charge is 2.35. The number of halogens is 2. The molecular weight excluding hydrogens is 393 g/mol. The minimum Gasteiger partial charge on any atom is -0.410 e. The highest BCUT2D eigenvalue weighted by Crippen LogP contribution is 2.33. The summed E-state index contributed by atoms with van der Waals surface area (Å²) in [6, 6.07) is 12.5. The number of hydrogen-bond acceptors (Lipinski definition) is 5. The molecule has 0 spiro atoms. The quantitative estimate of drug-likeness (QED) is 0.502. The van der Waals surface area contributed by atoms with Crippen molar-refractivity contribution in [3.63, 3.8) is 0 Å². The summed E-state index contributed by atoms with van der Waals surface area (Å²) < 4.78 is 0. The molecule has 26 heavy (non-hydrogen) atoms. The van der Waals surface area contributed by atoms with Gasteiger partial charge in [0.05, 0.1) is 17.9 Å². The van der Waals surface area contributed by atoms with E-state index in [-0.39, 0.29) is 18.2 Å². The van der Waals surface area contributed by atoms with Crippen LogP contribution in [0, 0.1) is 0 Å². The van der Waals surface area contributed by atoms with Crippen LogP contribution in [0.3, 0.4) is 0 Å². The Morgan fingerprint density at radius 1 is 1.12 bits per heavy atom. The second-order valence-electron chi connectivity index (χ2n) is 5.65. The zero-order chi connectivity index (χ0) is 18.3. The van der Waals surface area contributed by atoms with Crippen molar-refractivity contribution in [1.29, 1.82) is 0 Å². The highest BCUT2D eigenvalue weighted by atomic mass is 35.5. The molecule has 2 heterocycles. The van der Waals surface area contributed by atoms with Crippen LogP contribution in [0.5, 0.6) is 0 Å². The molecule has 0 bridgehead atoms. The lowest BCUT2D eigenvalue weighted by molar-refractivity contribution is -0.112. The maximum atomic E-state index is 12.6. The number of hydrogen-bond donors (Lipinski definition) is 1. The number of benzene rings is 2. The fraction of sp³-hybridized carbons (Fsp3) is 0.0556. The molecule has 0 atom stereocenters. The third-order valence-corrected chi connectivity index (χ3v) is 5.44. The Hall–Kier alpha value is -2.41. The van der Waals surface area contributed by atoms with Gasteiger partial charge in [0.15, 0.2) is 5.71 Å². The molecule has 0 radical (unpaired) electrons. The van der Waals surface area contributed by atoms with Gasteiger partial charge < -0.3 is 10.1 Å². The first-order valence-corrected chi connectivity index (χ1v) is 9.24. The number of aromatic nitrogens is 1. The zero-order valence-corrected chi connectivity index (χ0v) is 15.5. The summed E-state index contributed by atoms with van der Waals surface area (Å²) in [7, 11) is 0. The van der Waals surface area contributed by atoms with E-state index in [1.807, 2.05) is 29.6 Å². The molecule has 130 valence electrons. The van der Waals surface area contributed by atoms with Gasteiger partial charge in [-0.3, -0.25) is 4.79 Å². The summed E-state index contributed by atoms with van der Waals surface area (Å²) in [5, 5.41) is 16.2. The van der Waals surface area contributed by atoms with Crippen LogP contribution in [0.4, 0.5) is 5.69 Å². The smallest absolute Gasteiger partial charge is 0.281 e. The number of nitrogens with zero attached hydrogens (tertiary/aromatic N) is 3. The first-order chi connectivity index (χ1) is 12.6. The van der Waals surface area contributed by atoms with Gasteiger partial charge in [0.2, 0.25) is 0 Å². The largest absolute Gasteiger partial charge is 0.410 e. The van der Waals surface area contributed by atoms with E-state index < -0.39 is 0 Å². The molecule has 1 N–H and O–H groups in total. The van der Waals surface area contributed by atoms with Gasteiger partial charge in [-0.05, 0) is 30.3 Å². The summed E-state index contributed by atoms with van der Waals surface area (Å²) in [4.78, 5) is 18.7. The third-order valence-electron chi connectivity index (χ3n) is 4.02. The molecule has 1 amide bonds. The monoisotopic (exact) mass is 403 g/mol.